The molecule has 1 heterocycles. The molecule has 1 amide bonds. The van der Waals surface area contributed by atoms with Crippen molar-refractivity contribution >= 4 is 22.0 Å². The Morgan fingerprint density at radius 3 is 2.68 bits per heavy atom. The van der Waals surface area contributed by atoms with Crippen molar-refractivity contribution in [3.8, 4) is 0 Å². The molecule has 0 unspecified atom stereocenters. The van der Waals surface area contributed by atoms with E-state index in [1.54, 1.807) is 4.90 Å². The first-order valence-electron chi connectivity index (χ1n) is 8.05. The van der Waals surface area contributed by atoms with Crippen LogP contribution in [0.3, 0.4) is 0 Å². The molecule has 4 heteroatoms. The maximum absolute atomic E-state index is 12.2. The largest absolute Gasteiger partial charge is 0.439 e. The molecule has 0 aromatic heterocycles. The minimum absolute atomic E-state index is 0.0174. The maximum Gasteiger partial charge on any atom is 0.415 e. The lowest BCUT2D eigenvalue weighted by atomic mass is 10.0. The van der Waals surface area contributed by atoms with Gasteiger partial charge in [0.25, 0.3) is 0 Å². The summed E-state index contributed by atoms with van der Waals surface area (Å²) in [6, 6.07) is 9.89. The Labute approximate surface area is 141 Å². The van der Waals surface area contributed by atoms with E-state index in [0.717, 1.165) is 23.0 Å². The number of hydrogen-bond acceptors (Lipinski definition) is 2. The first kappa shape index (κ1) is 17.1. The average molecular weight is 366 g/mol. The Balaban J connectivity index is 1.99. The fourth-order valence-electron chi connectivity index (χ4n) is 2.73. The van der Waals surface area contributed by atoms with E-state index in [0.29, 0.717) is 0 Å². The molecule has 0 N–H and O–H groups in total. The number of carbonyl (C=O) groups is 1. The van der Waals surface area contributed by atoms with E-state index >= 15 is 0 Å². The summed E-state index contributed by atoms with van der Waals surface area (Å²) in [4.78, 5) is 13.9. The summed E-state index contributed by atoms with van der Waals surface area (Å²) in [5.74, 6) is 0. The Morgan fingerprint density at radius 1 is 1.27 bits per heavy atom. The molecule has 0 aliphatic carbocycles. The normalized spacial score (nSPS) is 22.0. The van der Waals surface area contributed by atoms with Gasteiger partial charge in [0, 0.05) is 0 Å². The van der Waals surface area contributed by atoms with Crippen molar-refractivity contribution in [3.63, 3.8) is 0 Å². The van der Waals surface area contributed by atoms with Crippen LogP contribution in [-0.2, 0) is 4.74 Å². The molecule has 2 rings (SSSR count). The number of hydrogen-bond donors (Lipinski definition) is 0. The van der Waals surface area contributed by atoms with Crippen LogP contribution in [0.15, 0.2) is 41.0 Å². The number of carbonyl (C=O) groups excluding carboxylic acids is 1. The second-order valence-corrected chi connectivity index (χ2v) is 6.51. The molecule has 1 saturated heterocycles. The maximum atomic E-state index is 12.2. The van der Waals surface area contributed by atoms with Crippen LogP contribution in [0.25, 0.3) is 0 Å². The molecule has 120 valence electrons. The molecular weight excluding hydrogens is 342 g/mol. The highest BCUT2D eigenvalue weighted by Crippen LogP contribution is 2.36. The second-order valence-electron chi connectivity index (χ2n) is 5.70. The fraction of sp³-hybridized carbons (Fsp3) is 0.500. The molecule has 22 heavy (non-hydrogen) atoms. The van der Waals surface area contributed by atoms with Gasteiger partial charge >= 0.3 is 6.09 Å². The van der Waals surface area contributed by atoms with Gasteiger partial charge in [-0.15, -0.1) is 0 Å². The van der Waals surface area contributed by atoms with E-state index in [-0.39, 0.29) is 18.2 Å². The monoisotopic (exact) mass is 365 g/mol. The zero-order chi connectivity index (χ0) is 15.9. The molecule has 3 nitrogen and oxygen atoms in total. The number of allylic oxidation sites excluding steroid dienone is 1. The molecule has 0 radical (unpaired) electrons. The number of nitrogens with zero attached hydrogens (tertiary/aromatic N) is 1. The van der Waals surface area contributed by atoms with Crippen LogP contribution >= 0.6 is 15.9 Å². The highest BCUT2D eigenvalue weighted by Gasteiger charge is 2.40. The third-order valence-electron chi connectivity index (χ3n) is 4.00. The first-order valence-corrected chi connectivity index (χ1v) is 8.85. The molecule has 0 spiro atoms. The number of rotatable bonds is 7. The van der Waals surface area contributed by atoms with E-state index in [9.17, 15) is 4.79 Å². The Morgan fingerprint density at radius 2 is 2.00 bits per heavy atom. The number of amides is 1. The third kappa shape index (κ3) is 4.13. The zero-order valence-electron chi connectivity index (χ0n) is 13.3. The molecule has 1 aromatic rings. The van der Waals surface area contributed by atoms with Gasteiger partial charge in [-0.3, -0.25) is 4.90 Å². The van der Waals surface area contributed by atoms with Crippen LogP contribution in [0.4, 0.5) is 4.79 Å². The molecule has 1 aliphatic heterocycles. The summed E-state index contributed by atoms with van der Waals surface area (Å²) in [5.41, 5.74) is 1.04. The summed E-state index contributed by atoms with van der Waals surface area (Å²) in [7, 11) is 0. The van der Waals surface area contributed by atoms with Crippen LogP contribution in [0, 0.1) is 0 Å². The average Bonchev–Trinajstić information content (AvgIpc) is 2.82. The van der Waals surface area contributed by atoms with Gasteiger partial charge in [-0.2, -0.15) is 0 Å². The van der Waals surface area contributed by atoms with Gasteiger partial charge in [0.2, 0.25) is 0 Å². The predicted octanol–water partition coefficient (Wildman–Crippen LogP) is 5.78. The second kappa shape index (κ2) is 8.37. The summed E-state index contributed by atoms with van der Waals surface area (Å²) in [5, 5.41) is 0. The first-order chi connectivity index (χ1) is 10.6. The van der Waals surface area contributed by atoms with Crippen LogP contribution in [0.2, 0.25) is 0 Å². The number of cyclic esters (lactones) is 1. The number of unbranched alkanes of at least 4 members (excludes halogenated alkanes) is 4. The molecule has 1 aromatic carbocycles. The van der Waals surface area contributed by atoms with Gasteiger partial charge in [-0.25, -0.2) is 4.79 Å². The number of benzene rings is 1. The van der Waals surface area contributed by atoms with Crippen molar-refractivity contribution in [2.75, 3.05) is 0 Å². The van der Waals surface area contributed by atoms with Gasteiger partial charge in [0.05, 0.1) is 10.6 Å². The Kier molecular flexibility index (Phi) is 6.49. The molecule has 0 saturated carbocycles. The number of halogens is 1. The number of ether oxygens (including phenoxy) is 1. The van der Waals surface area contributed by atoms with Crippen LogP contribution in [0.1, 0.15) is 57.6 Å². The van der Waals surface area contributed by atoms with E-state index < -0.39 is 0 Å². The Hall–Kier alpha value is -1.29. The van der Waals surface area contributed by atoms with E-state index in [1.807, 2.05) is 37.3 Å². The van der Waals surface area contributed by atoms with Crippen molar-refractivity contribution in [3.05, 3.63) is 46.6 Å². The van der Waals surface area contributed by atoms with E-state index in [4.69, 9.17) is 4.74 Å². The molecule has 1 aliphatic rings. The summed E-state index contributed by atoms with van der Waals surface area (Å²) in [6.45, 7) is 4.23. The zero-order valence-corrected chi connectivity index (χ0v) is 14.9. The SMILES string of the molecule is CCCCCC/C=C(\Br)N1C(=O)O[C@H](c2ccccc2)[C@@H]1C. The summed E-state index contributed by atoms with van der Waals surface area (Å²) in [6.07, 6.45) is 7.46. The van der Waals surface area contributed by atoms with Crippen LogP contribution in [0.5, 0.6) is 0 Å². The third-order valence-corrected chi connectivity index (χ3v) is 4.70. The topological polar surface area (TPSA) is 29.5 Å². The molecule has 2 atom stereocenters. The van der Waals surface area contributed by atoms with Gasteiger partial charge in [-0.1, -0.05) is 62.6 Å². The van der Waals surface area contributed by atoms with Gasteiger partial charge in [0.1, 0.15) is 6.10 Å². The molecule has 1 fully saturated rings. The smallest absolute Gasteiger partial charge is 0.415 e. The molecular formula is C18H24BrNO2. The minimum Gasteiger partial charge on any atom is -0.439 e. The lowest BCUT2D eigenvalue weighted by Crippen LogP contribution is -2.29. The standard InChI is InChI=1S/C18H24BrNO2/c1-3-4-5-6-10-13-16(19)20-14(2)17(22-18(20)21)15-11-8-7-9-12-15/h7-9,11-14,17H,3-6,10H2,1-2H3/b16-13+/t14-,17-/m0/s1. The minimum atomic E-state index is -0.280. The lowest BCUT2D eigenvalue weighted by molar-refractivity contribution is 0.132. The van der Waals surface area contributed by atoms with Crippen LogP contribution < -0.4 is 0 Å². The van der Waals surface area contributed by atoms with Crippen molar-refractivity contribution in [1.29, 1.82) is 0 Å². The van der Waals surface area contributed by atoms with E-state index in [2.05, 4.69) is 28.9 Å². The predicted molar refractivity (Wildman–Crippen MR) is 92.7 cm³/mol. The van der Waals surface area contributed by atoms with Crippen molar-refractivity contribution in [2.45, 2.75) is 58.1 Å². The highest BCUT2D eigenvalue weighted by molar-refractivity contribution is 9.11. The van der Waals surface area contributed by atoms with Gasteiger partial charge in [-0.05, 0) is 41.3 Å². The summed E-state index contributed by atoms with van der Waals surface area (Å²) >= 11 is 3.54. The van der Waals surface area contributed by atoms with Gasteiger partial charge in [0.15, 0.2) is 0 Å². The summed E-state index contributed by atoms with van der Waals surface area (Å²) < 4.78 is 6.37. The van der Waals surface area contributed by atoms with Crippen molar-refractivity contribution < 1.29 is 9.53 Å². The van der Waals surface area contributed by atoms with Crippen molar-refractivity contribution in [2.24, 2.45) is 0 Å². The Bertz CT molecular complexity index is 515. The van der Waals surface area contributed by atoms with Crippen molar-refractivity contribution in [1.82, 2.24) is 4.90 Å². The molecule has 0 bridgehead atoms. The van der Waals surface area contributed by atoms with E-state index in [1.165, 1.54) is 19.3 Å². The van der Waals surface area contributed by atoms with Gasteiger partial charge < -0.3 is 4.74 Å². The van der Waals surface area contributed by atoms with Crippen LogP contribution in [-0.4, -0.2) is 17.0 Å². The quantitative estimate of drug-likeness (QED) is 0.453. The lowest BCUT2D eigenvalue weighted by Gasteiger charge is -2.20. The fourth-order valence-corrected chi connectivity index (χ4v) is 3.42. The highest BCUT2D eigenvalue weighted by atomic mass is 79.9.